The fraction of sp³-hybridized carbons (Fsp3) is 0.846. The SMILES string of the molecule is CCCCC(O)CCC(=O)NC(CC)CC#N. The average molecular weight is 240 g/mol. The fourth-order valence-electron chi connectivity index (χ4n) is 1.59. The Morgan fingerprint density at radius 3 is 2.65 bits per heavy atom. The monoisotopic (exact) mass is 240 g/mol. The smallest absolute Gasteiger partial charge is 0.220 e. The van der Waals surface area contributed by atoms with Crippen molar-refractivity contribution in [3.05, 3.63) is 0 Å². The van der Waals surface area contributed by atoms with Crippen molar-refractivity contribution in [3.8, 4) is 6.07 Å². The minimum atomic E-state index is -0.378. The highest BCUT2D eigenvalue weighted by atomic mass is 16.3. The Labute approximate surface area is 104 Å². The standard InChI is InChI=1S/C13H24N2O2/c1-3-5-6-12(16)7-8-13(17)15-11(4-2)9-10-14/h11-12,16H,3-9H2,1-2H3,(H,15,17). The Balaban J connectivity index is 3.74. The number of amides is 1. The van der Waals surface area contributed by atoms with Gasteiger partial charge in [-0.05, 0) is 19.3 Å². The fourth-order valence-corrected chi connectivity index (χ4v) is 1.59. The molecule has 0 radical (unpaired) electrons. The van der Waals surface area contributed by atoms with Crippen molar-refractivity contribution < 1.29 is 9.90 Å². The molecule has 0 saturated carbocycles. The summed E-state index contributed by atoms with van der Waals surface area (Å²) < 4.78 is 0. The van der Waals surface area contributed by atoms with Gasteiger partial charge in [-0.25, -0.2) is 0 Å². The molecule has 0 aromatic heterocycles. The summed E-state index contributed by atoms with van der Waals surface area (Å²) in [6.45, 7) is 4.02. The maximum atomic E-state index is 11.5. The first kappa shape index (κ1) is 15.9. The molecule has 98 valence electrons. The summed E-state index contributed by atoms with van der Waals surface area (Å²) in [6.07, 6.45) is 4.40. The zero-order valence-electron chi connectivity index (χ0n) is 10.9. The molecular weight excluding hydrogens is 216 g/mol. The number of hydrogen-bond acceptors (Lipinski definition) is 3. The molecule has 17 heavy (non-hydrogen) atoms. The second-order valence-corrected chi connectivity index (χ2v) is 4.37. The molecule has 0 bridgehead atoms. The van der Waals surface area contributed by atoms with Crippen molar-refractivity contribution in [3.63, 3.8) is 0 Å². The van der Waals surface area contributed by atoms with Gasteiger partial charge >= 0.3 is 0 Å². The normalized spacial score (nSPS) is 13.8. The molecule has 0 fully saturated rings. The third-order valence-corrected chi connectivity index (χ3v) is 2.79. The molecule has 2 atom stereocenters. The maximum Gasteiger partial charge on any atom is 0.220 e. The van der Waals surface area contributed by atoms with Crippen LogP contribution in [0, 0.1) is 11.3 Å². The first-order valence-electron chi connectivity index (χ1n) is 6.48. The molecule has 4 nitrogen and oxygen atoms in total. The van der Waals surface area contributed by atoms with E-state index in [0.717, 1.165) is 25.7 Å². The number of nitriles is 1. The van der Waals surface area contributed by atoms with Gasteiger partial charge in [-0.15, -0.1) is 0 Å². The lowest BCUT2D eigenvalue weighted by molar-refractivity contribution is -0.122. The Morgan fingerprint density at radius 1 is 1.41 bits per heavy atom. The molecule has 0 spiro atoms. The molecule has 4 heteroatoms. The molecule has 0 aliphatic rings. The number of carbonyl (C=O) groups excluding carboxylic acids is 1. The predicted molar refractivity (Wildman–Crippen MR) is 67.2 cm³/mol. The molecule has 2 N–H and O–H groups in total. The van der Waals surface area contributed by atoms with Gasteiger partial charge < -0.3 is 10.4 Å². The summed E-state index contributed by atoms with van der Waals surface area (Å²) in [5, 5.41) is 21.0. The minimum Gasteiger partial charge on any atom is -0.393 e. The van der Waals surface area contributed by atoms with Gasteiger partial charge in [0.15, 0.2) is 0 Å². The second-order valence-electron chi connectivity index (χ2n) is 4.37. The van der Waals surface area contributed by atoms with E-state index >= 15 is 0 Å². The lowest BCUT2D eigenvalue weighted by Crippen LogP contribution is -2.34. The number of nitrogens with one attached hydrogen (secondary N) is 1. The highest BCUT2D eigenvalue weighted by Crippen LogP contribution is 2.07. The highest BCUT2D eigenvalue weighted by Gasteiger charge is 2.11. The Bertz CT molecular complexity index is 248. The zero-order valence-corrected chi connectivity index (χ0v) is 10.9. The van der Waals surface area contributed by atoms with Gasteiger partial charge in [-0.2, -0.15) is 5.26 Å². The van der Waals surface area contributed by atoms with Crippen LogP contribution in [-0.4, -0.2) is 23.2 Å². The molecule has 0 aromatic carbocycles. The van der Waals surface area contributed by atoms with Crippen LogP contribution in [-0.2, 0) is 4.79 Å². The topological polar surface area (TPSA) is 73.1 Å². The minimum absolute atomic E-state index is 0.0553. The highest BCUT2D eigenvalue weighted by molar-refractivity contribution is 5.76. The number of hydrogen-bond donors (Lipinski definition) is 2. The molecule has 0 aliphatic heterocycles. The van der Waals surface area contributed by atoms with E-state index in [0.29, 0.717) is 19.3 Å². The third kappa shape index (κ3) is 8.70. The quantitative estimate of drug-likeness (QED) is 0.648. The lowest BCUT2D eigenvalue weighted by atomic mass is 10.1. The van der Waals surface area contributed by atoms with E-state index in [9.17, 15) is 9.90 Å². The molecule has 0 aliphatic carbocycles. The van der Waals surface area contributed by atoms with Gasteiger partial charge in [0.2, 0.25) is 5.91 Å². The Morgan fingerprint density at radius 2 is 2.12 bits per heavy atom. The van der Waals surface area contributed by atoms with E-state index in [-0.39, 0.29) is 18.1 Å². The summed E-state index contributed by atoms with van der Waals surface area (Å²) in [7, 11) is 0. The van der Waals surface area contributed by atoms with E-state index in [2.05, 4.69) is 18.3 Å². The lowest BCUT2D eigenvalue weighted by Gasteiger charge is -2.14. The Kier molecular flexibility index (Phi) is 9.46. The average Bonchev–Trinajstić information content (AvgIpc) is 2.33. The van der Waals surface area contributed by atoms with Crippen LogP contribution >= 0.6 is 0 Å². The molecule has 1 amide bonds. The summed E-state index contributed by atoms with van der Waals surface area (Å²) in [5.74, 6) is -0.0670. The third-order valence-electron chi connectivity index (χ3n) is 2.79. The van der Waals surface area contributed by atoms with Crippen molar-refractivity contribution in [1.82, 2.24) is 5.32 Å². The molecule has 2 unspecified atom stereocenters. The Hall–Kier alpha value is -1.08. The van der Waals surface area contributed by atoms with Gasteiger partial charge in [0.05, 0.1) is 18.6 Å². The van der Waals surface area contributed by atoms with E-state index < -0.39 is 0 Å². The van der Waals surface area contributed by atoms with Crippen LogP contribution in [0.15, 0.2) is 0 Å². The summed E-state index contributed by atoms with van der Waals surface area (Å²) in [5.41, 5.74) is 0. The molecular formula is C13H24N2O2. The first-order valence-corrected chi connectivity index (χ1v) is 6.48. The van der Waals surface area contributed by atoms with Crippen molar-refractivity contribution >= 4 is 5.91 Å². The van der Waals surface area contributed by atoms with Crippen LogP contribution in [0.5, 0.6) is 0 Å². The van der Waals surface area contributed by atoms with E-state index in [1.807, 2.05) is 6.92 Å². The van der Waals surface area contributed by atoms with Crippen LogP contribution in [0.3, 0.4) is 0 Å². The van der Waals surface area contributed by atoms with Crippen LogP contribution in [0.4, 0.5) is 0 Å². The molecule has 0 aromatic rings. The predicted octanol–water partition coefficient (Wildman–Crippen LogP) is 2.13. The van der Waals surface area contributed by atoms with Crippen LogP contribution in [0.1, 0.15) is 58.8 Å². The number of aliphatic hydroxyl groups is 1. The molecule has 0 heterocycles. The van der Waals surface area contributed by atoms with Gasteiger partial charge in [0.25, 0.3) is 0 Å². The number of nitrogens with zero attached hydrogens (tertiary/aromatic N) is 1. The van der Waals surface area contributed by atoms with Gasteiger partial charge in [-0.3, -0.25) is 4.79 Å². The van der Waals surface area contributed by atoms with Crippen LogP contribution in [0.2, 0.25) is 0 Å². The van der Waals surface area contributed by atoms with Gasteiger partial charge in [0, 0.05) is 12.5 Å². The zero-order chi connectivity index (χ0) is 13.1. The van der Waals surface area contributed by atoms with E-state index in [4.69, 9.17) is 5.26 Å². The summed E-state index contributed by atoms with van der Waals surface area (Å²) in [4.78, 5) is 11.5. The largest absolute Gasteiger partial charge is 0.393 e. The van der Waals surface area contributed by atoms with Crippen LogP contribution < -0.4 is 5.32 Å². The van der Waals surface area contributed by atoms with E-state index in [1.165, 1.54) is 0 Å². The number of rotatable bonds is 9. The summed E-state index contributed by atoms with van der Waals surface area (Å²) >= 11 is 0. The molecule has 0 saturated heterocycles. The van der Waals surface area contributed by atoms with Crippen LogP contribution in [0.25, 0.3) is 0 Å². The maximum absolute atomic E-state index is 11.5. The van der Waals surface area contributed by atoms with Crippen molar-refractivity contribution in [2.75, 3.05) is 0 Å². The summed E-state index contributed by atoms with van der Waals surface area (Å²) in [6, 6.07) is 2.00. The van der Waals surface area contributed by atoms with Gasteiger partial charge in [0.1, 0.15) is 0 Å². The van der Waals surface area contributed by atoms with Crippen molar-refractivity contribution in [1.29, 1.82) is 5.26 Å². The molecule has 0 rings (SSSR count). The second kappa shape index (κ2) is 10.1. The van der Waals surface area contributed by atoms with E-state index in [1.54, 1.807) is 0 Å². The number of unbranched alkanes of at least 4 members (excludes halogenated alkanes) is 1. The number of aliphatic hydroxyl groups excluding tert-OH is 1. The number of carbonyl (C=O) groups is 1. The van der Waals surface area contributed by atoms with Gasteiger partial charge in [-0.1, -0.05) is 26.7 Å². The first-order chi connectivity index (χ1) is 8.13. The van der Waals surface area contributed by atoms with Crippen molar-refractivity contribution in [2.24, 2.45) is 0 Å². The van der Waals surface area contributed by atoms with Crippen molar-refractivity contribution in [2.45, 2.75) is 70.9 Å².